The number of phenolic OH excluding ortho intramolecular Hbond substituents is 1. The topological polar surface area (TPSA) is 120 Å². The van der Waals surface area contributed by atoms with Gasteiger partial charge in [0, 0.05) is 34.3 Å². The molecule has 0 aliphatic carbocycles. The van der Waals surface area contributed by atoms with Crippen LogP contribution in [-0.4, -0.2) is 51.8 Å². The molecular weight excluding hydrogens is 476 g/mol. The molecule has 0 aliphatic heterocycles. The second-order valence-electron chi connectivity index (χ2n) is 8.47. The number of rotatable bonds is 10. The van der Waals surface area contributed by atoms with Crippen molar-refractivity contribution in [2.45, 2.75) is 32.9 Å². The number of methoxy groups -OCH3 is 2. The van der Waals surface area contributed by atoms with Crippen LogP contribution >= 0.6 is 0 Å². The van der Waals surface area contributed by atoms with Crippen LogP contribution in [0.15, 0.2) is 54.6 Å². The summed E-state index contributed by atoms with van der Waals surface area (Å²) in [6.07, 6.45) is -0.727. The Hall–Kier alpha value is -4.53. The van der Waals surface area contributed by atoms with Crippen LogP contribution in [0, 0.1) is 6.92 Å². The van der Waals surface area contributed by atoms with E-state index in [-0.39, 0.29) is 30.2 Å². The molecule has 0 saturated heterocycles. The fourth-order valence-electron chi connectivity index (χ4n) is 4.19. The predicted octanol–water partition coefficient (Wildman–Crippen LogP) is 4.59. The minimum absolute atomic E-state index is 0.0649. The molecule has 37 heavy (non-hydrogen) atoms. The number of carboxylic acids is 1. The number of aliphatic carboxylic acids is 1. The SMILES string of the molecule is CCC(Oc1ccc(Cn2c(C)c(C(=O)c3ccc(OC)cc3)c3ccc(OC)nc32)c(O)c1)C(=O)O. The Morgan fingerprint density at radius 3 is 2.30 bits per heavy atom. The van der Waals surface area contributed by atoms with Gasteiger partial charge < -0.3 is 29.0 Å². The zero-order valence-electron chi connectivity index (χ0n) is 21.0. The third-order valence-electron chi connectivity index (χ3n) is 6.24. The Labute approximate surface area is 213 Å². The lowest BCUT2D eigenvalue weighted by molar-refractivity contribution is -0.145. The van der Waals surface area contributed by atoms with E-state index in [1.165, 1.54) is 13.2 Å². The van der Waals surface area contributed by atoms with E-state index in [2.05, 4.69) is 4.98 Å². The van der Waals surface area contributed by atoms with Gasteiger partial charge in [0.2, 0.25) is 5.88 Å². The number of nitrogens with zero attached hydrogens (tertiary/aromatic N) is 2. The Kier molecular flexibility index (Phi) is 7.33. The lowest BCUT2D eigenvalue weighted by Gasteiger charge is -2.15. The van der Waals surface area contributed by atoms with Crippen molar-refractivity contribution in [3.05, 3.63) is 77.0 Å². The first-order chi connectivity index (χ1) is 17.8. The fraction of sp³-hybridized carbons (Fsp3) is 0.250. The van der Waals surface area contributed by atoms with Crippen molar-refractivity contribution in [1.82, 2.24) is 9.55 Å². The highest BCUT2D eigenvalue weighted by Gasteiger charge is 2.24. The average molecular weight is 505 g/mol. The number of ketones is 1. The summed E-state index contributed by atoms with van der Waals surface area (Å²) >= 11 is 0. The van der Waals surface area contributed by atoms with Crippen LogP contribution < -0.4 is 14.2 Å². The van der Waals surface area contributed by atoms with Gasteiger partial charge >= 0.3 is 5.97 Å². The first-order valence-electron chi connectivity index (χ1n) is 11.7. The van der Waals surface area contributed by atoms with Gasteiger partial charge in [-0.1, -0.05) is 6.92 Å². The first kappa shape index (κ1) is 25.6. The molecule has 0 fully saturated rings. The number of carbonyl (C=O) groups excluding carboxylic acids is 1. The lowest BCUT2D eigenvalue weighted by atomic mass is 10.0. The number of phenols is 1. The van der Waals surface area contributed by atoms with Gasteiger partial charge in [-0.3, -0.25) is 4.79 Å². The molecule has 9 nitrogen and oxygen atoms in total. The Morgan fingerprint density at radius 2 is 1.70 bits per heavy atom. The van der Waals surface area contributed by atoms with Gasteiger partial charge in [-0.05, 0) is 55.8 Å². The highest BCUT2D eigenvalue weighted by molar-refractivity contribution is 6.17. The Bertz CT molecular complexity index is 1460. The number of aromatic nitrogens is 2. The molecule has 2 heterocycles. The molecular formula is C28H28N2O7. The molecule has 2 N–H and O–H groups in total. The Balaban J connectivity index is 1.75. The standard InChI is InChI=1S/C28H28N2O7/c1-5-23(28(33)34)37-20-11-8-18(22(31)14-20)15-30-16(2)25(21-12-13-24(36-4)29-27(21)30)26(32)17-6-9-19(35-3)10-7-17/h6-14,23,31H,5,15H2,1-4H3,(H,33,34). The maximum Gasteiger partial charge on any atom is 0.344 e. The second kappa shape index (κ2) is 10.6. The molecule has 0 spiro atoms. The number of ether oxygens (including phenoxy) is 3. The molecule has 2 aromatic heterocycles. The summed E-state index contributed by atoms with van der Waals surface area (Å²) in [5.41, 5.74) is 2.76. The predicted molar refractivity (Wildman–Crippen MR) is 137 cm³/mol. The minimum atomic E-state index is -1.07. The van der Waals surface area contributed by atoms with E-state index in [9.17, 15) is 19.8 Å². The van der Waals surface area contributed by atoms with E-state index >= 15 is 0 Å². The van der Waals surface area contributed by atoms with Gasteiger partial charge in [0.15, 0.2) is 11.9 Å². The fourth-order valence-corrected chi connectivity index (χ4v) is 4.19. The average Bonchev–Trinajstić information content (AvgIpc) is 3.18. The number of benzene rings is 2. The van der Waals surface area contributed by atoms with E-state index < -0.39 is 12.1 Å². The number of carboxylic acid groups (broad SMARTS) is 1. The summed E-state index contributed by atoms with van der Waals surface area (Å²) < 4.78 is 17.8. The summed E-state index contributed by atoms with van der Waals surface area (Å²) in [6.45, 7) is 3.75. The van der Waals surface area contributed by atoms with Crippen molar-refractivity contribution in [1.29, 1.82) is 0 Å². The third-order valence-corrected chi connectivity index (χ3v) is 6.24. The van der Waals surface area contributed by atoms with Crippen LogP contribution in [-0.2, 0) is 11.3 Å². The summed E-state index contributed by atoms with van der Waals surface area (Å²) in [4.78, 5) is 29.5. The monoisotopic (exact) mass is 504 g/mol. The van der Waals surface area contributed by atoms with Crippen LogP contribution in [0.2, 0.25) is 0 Å². The minimum Gasteiger partial charge on any atom is -0.507 e. The van der Waals surface area contributed by atoms with Gasteiger partial charge in [-0.25, -0.2) is 4.79 Å². The van der Waals surface area contributed by atoms with Crippen molar-refractivity contribution in [2.24, 2.45) is 0 Å². The molecule has 0 amide bonds. The molecule has 2 aromatic carbocycles. The molecule has 9 heteroatoms. The van der Waals surface area contributed by atoms with E-state index in [4.69, 9.17) is 14.2 Å². The molecule has 0 radical (unpaired) electrons. The molecule has 0 saturated carbocycles. The number of hydrogen-bond donors (Lipinski definition) is 2. The van der Waals surface area contributed by atoms with E-state index in [1.807, 2.05) is 11.5 Å². The molecule has 1 unspecified atom stereocenters. The van der Waals surface area contributed by atoms with Crippen molar-refractivity contribution in [3.63, 3.8) is 0 Å². The summed E-state index contributed by atoms with van der Waals surface area (Å²) in [5, 5.41) is 20.6. The van der Waals surface area contributed by atoms with Crippen LogP contribution in [0.25, 0.3) is 11.0 Å². The number of fused-ring (bicyclic) bond motifs is 1. The van der Waals surface area contributed by atoms with E-state index in [0.717, 1.165) is 0 Å². The van der Waals surface area contributed by atoms with Gasteiger partial charge in [-0.2, -0.15) is 4.98 Å². The van der Waals surface area contributed by atoms with E-state index in [0.29, 0.717) is 45.0 Å². The maximum atomic E-state index is 13.6. The van der Waals surface area contributed by atoms with Gasteiger partial charge in [-0.15, -0.1) is 0 Å². The normalized spacial score (nSPS) is 11.8. The molecule has 0 bridgehead atoms. The molecule has 4 aromatic rings. The van der Waals surface area contributed by atoms with Gasteiger partial charge in [0.25, 0.3) is 0 Å². The smallest absolute Gasteiger partial charge is 0.344 e. The van der Waals surface area contributed by atoms with E-state index in [1.54, 1.807) is 62.6 Å². The highest BCUT2D eigenvalue weighted by Crippen LogP contribution is 2.32. The van der Waals surface area contributed by atoms with Crippen LogP contribution in [0.3, 0.4) is 0 Å². The van der Waals surface area contributed by atoms with Gasteiger partial charge in [0.05, 0.1) is 26.3 Å². The summed E-state index contributed by atoms with van der Waals surface area (Å²) in [5.74, 6) is -0.0112. The van der Waals surface area contributed by atoms with Crippen molar-refractivity contribution in [3.8, 4) is 23.1 Å². The van der Waals surface area contributed by atoms with Crippen LogP contribution in [0.4, 0.5) is 0 Å². The highest BCUT2D eigenvalue weighted by atomic mass is 16.5. The second-order valence-corrected chi connectivity index (χ2v) is 8.47. The van der Waals surface area contributed by atoms with Crippen molar-refractivity contribution >= 4 is 22.8 Å². The Morgan fingerprint density at radius 1 is 1.00 bits per heavy atom. The number of carbonyl (C=O) groups is 2. The van der Waals surface area contributed by atoms with Gasteiger partial charge in [0.1, 0.15) is 22.9 Å². The lowest BCUT2D eigenvalue weighted by Crippen LogP contribution is -2.25. The number of hydrogen-bond acceptors (Lipinski definition) is 7. The third kappa shape index (κ3) is 5.06. The zero-order valence-corrected chi connectivity index (χ0v) is 21.0. The van der Waals surface area contributed by atoms with Crippen molar-refractivity contribution < 1.29 is 34.0 Å². The summed E-state index contributed by atoms with van der Waals surface area (Å²) in [7, 11) is 3.08. The largest absolute Gasteiger partial charge is 0.507 e. The first-order valence-corrected chi connectivity index (χ1v) is 11.7. The van der Waals surface area contributed by atoms with Crippen LogP contribution in [0.1, 0.15) is 40.5 Å². The quantitative estimate of drug-likeness (QED) is 0.301. The van der Waals surface area contributed by atoms with Crippen molar-refractivity contribution in [2.75, 3.05) is 14.2 Å². The maximum absolute atomic E-state index is 13.6. The molecule has 1 atom stereocenters. The number of aromatic hydroxyl groups is 1. The zero-order chi connectivity index (χ0) is 26.7. The van der Waals surface area contributed by atoms with Crippen LogP contribution in [0.5, 0.6) is 23.1 Å². The molecule has 192 valence electrons. The summed E-state index contributed by atoms with van der Waals surface area (Å²) in [6, 6.07) is 15.1. The molecule has 4 rings (SSSR count). The molecule has 0 aliphatic rings. The number of pyridine rings is 1.